The molecule has 11 heteroatoms. The second-order valence-corrected chi connectivity index (χ2v) is 12.6. The van der Waals surface area contributed by atoms with Gasteiger partial charge < -0.3 is 34.9 Å². The molecule has 0 spiro atoms. The van der Waals surface area contributed by atoms with Crippen molar-refractivity contribution >= 4 is 33.9 Å². The molecule has 1 saturated carbocycles. The molecule has 2 unspecified atom stereocenters. The summed E-state index contributed by atoms with van der Waals surface area (Å²) < 4.78 is 31.3. The van der Waals surface area contributed by atoms with E-state index < -0.39 is 0 Å². The number of piperazine rings is 1. The quantitative estimate of drug-likeness (QED) is 0.159. The van der Waals surface area contributed by atoms with Crippen LogP contribution >= 0.6 is 15.9 Å². The third-order valence-electron chi connectivity index (χ3n) is 8.50. The molecule has 3 aliphatic rings. The number of methoxy groups -OCH3 is 1. The second kappa shape index (κ2) is 16.8. The summed E-state index contributed by atoms with van der Waals surface area (Å²) in [5.41, 5.74) is 4.35. The highest BCUT2D eigenvalue weighted by molar-refractivity contribution is 9.10. The van der Waals surface area contributed by atoms with E-state index in [1.54, 1.807) is 13.2 Å². The maximum Gasteiger partial charge on any atom is 0.290 e. The molecule has 6 rings (SSSR count). The minimum absolute atomic E-state index is 0.0206. The van der Waals surface area contributed by atoms with Gasteiger partial charge in [-0.05, 0) is 101 Å². The van der Waals surface area contributed by atoms with Crippen LogP contribution in [0.3, 0.4) is 0 Å². The van der Waals surface area contributed by atoms with E-state index in [4.69, 9.17) is 24.1 Å². The van der Waals surface area contributed by atoms with Crippen molar-refractivity contribution in [3.63, 3.8) is 0 Å². The first-order valence-corrected chi connectivity index (χ1v) is 16.7. The van der Waals surface area contributed by atoms with Crippen LogP contribution in [-0.4, -0.2) is 80.5 Å². The zero-order valence-electron chi connectivity index (χ0n) is 26.4. The fourth-order valence-electron chi connectivity index (χ4n) is 6.08. The summed E-state index contributed by atoms with van der Waals surface area (Å²) in [6.07, 6.45) is 4.53. The lowest BCUT2D eigenvalue weighted by molar-refractivity contribution is -0.128. The van der Waals surface area contributed by atoms with E-state index in [-0.39, 0.29) is 30.3 Å². The molecular weight excluding hydrogens is 669 g/mol. The molecule has 0 aromatic heterocycles. The monoisotopic (exact) mass is 709 g/mol. The summed E-state index contributed by atoms with van der Waals surface area (Å²) in [7, 11) is 1.64. The van der Waals surface area contributed by atoms with Crippen molar-refractivity contribution in [3.8, 4) is 17.2 Å². The highest BCUT2D eigenvalue weighted by atomic mass is 79.9. The highest BCUT2D eigenvalue weighted by Crippen LogP contribution is 2.36. The molecular formula is C36H41BrFN3O6. The van der Waals surface area contributed by atoms with Crippen LogP contribution in [0.4, 0.5) is 4.39 Å². The summed E-state index contributed by atoms with van der Waals surface area (Å²) in [5, 5.41) is 14.1. The van der Waals surface area contributed by atoms with Gasteiger partial charge in [0.05, 0.1) is 30.8 Å². The van der Waals surface area contributed by atoms with Crippen molar-refractivity contribution in [2.24, 2.45) is 0 Å². The van der Waals surface area contributed by atoms with Gasteiger partial charge in [-0.3, -0.25) is 9.59 Å². The first kappa shape index (κ1) is 34.4. The Morgan fingerprint density at radius 3 is 2.45 bits per heavy atom. The summed E-state index contributed by atoms with van der Waals surface area (Å²) >= 11 is 3.41. The molecule has 2 atom stereocenters. The van der Waals surface area contributed by atoms with Crippen LogP contribution in [0.25, 0.3) is 5.57 Å². The largest absolute Gasteiger partial charge is 0.497 e. The SMILES string of the molecule is COc1ccc(OCCN(C(=O)C2=C(c3ccc(CCCOc4cc(F)ccc4Br)cc3)CC3CNCC2N3)C2CC2)cc1.O=CO. The summed E-state index contributed by atoms with van der Waals surface area (Å²) in [4.78, 5) is 24.7. The van der Waals surface area contributed by atoms with Crippen molar-refractivity contribution in [3.05, 3.63) is 93.7 Å². The Hall–Kier alpha value is -3.93. The topological polar surface area (TPSA) is 109 Å². The van der Waals surface area contributed by atoms with Gasteiger partial charge in [0.1, 0.15) is 29.7 Å². The van der Waals surface area contributed by atoms with Crippen molar-refractivity contribution < 1.29 is 33.3 Å². The molecule has 2 bridgehead atoms. The molecule has 1 saturated heterocycles. The van der Waals surface area contributed by atoms with Crippen LogP contribution in [-0.2, 0) is 16.0 Å². The minimum Gasteiger partial charge on any atom is -0.497 e. The van der Waals surface area contributed by atoms with Crippen molar-refractivity contribution in [2.75, 3.05) is 40.0 Å². The van der Waals surface area contributed by atoms with Gasteiger partial charge in [0.2, 0.25) is 0 Å². The number of nitrogens with zero attached hydrogens (tertiary/aromatic N) is 1. The van der Waals surface area contributed by atoms with E-state index in [1.165, 1.54) is 17.7 Å². The van der Waals surface area contributed by atoms with E-state index in [1.807, 2.05) is 29.2 Å². The maximum absolute atomic E-state index is 14.3. The van der Waals surface area contributed by atoms with Crippen LogP contribution in [0, 0.1) is 5.82 Å². The molecule has 3 aromatic carbocycles. The van der Waals surface area contributed by atoms with Crippen molar-refractivity contribution in [2.45, 2.75) is 50.2 Å². The number of hydrogen-bond acceptors (Lipinski definition) is 7. The van der Waals surface area contributed by atoms with Gasteiger partial charge in [0.15, 0.2) is 0 Å². The fraction of sp³-hybridized carbons (Fsp3) is 0.389. The first-order valence-electron chi connectivity index (χ1n) is 15.9. The van der Waals surface area contributed by atoms with E-state index in [2.05, 4.69) is 50.8 Å². The molecule has 250 valence electrons. The number of carbonyl (C=O) groups excluding carboxylic acids is 1. The fourth-order valence-corrected chi connectivity index (χ4v) is 6.44. The molecule has 1 amide bonds. The summed E-state index contributed by atoms with van der Waals surface area (Å²) in [6.45, 7) is 2.85. The number of ether oxygens (including phenoxy) is 3. The van der Waals surface area contributed by atoms with E-state index in [0.29, 0.717) is 31.5 Å². The van der Waals surface area contributed by atoms with Gasteiger partial charge in [-0.2, -0.15) is 0 Å². The molecule has 2 heterocycles. The molecule has 2 aliphatic heterocycles. The Bertz CT molecular complexity index is 1530. The molecule has 2 fully saturated rings. The van der Waals surface area contributed by atoms with Crippen LogP contribution in [0.1, 0.15) is 36.8 Å². The maximum atomic E-state index is 14.3. The summed E-state index contributed by atoms with van der Waals surface area (Å²) in [6, 6.07) is 21.2. The Labute approximate surface area is 283 Å². The number of carbonyl (C=O) groups is 2. The Morgan fingerprint density at radius 2 is 1.74 bits per heavy atom. The highest BCUT2D eigenvalue weighted by Gasteiger charge is 2.40. The number of halogens is 2. The van der Waals surface area contributed by atoms with Gasteiger partial charge in [-0.25, -0.2) is 4.39 Å². The molecule has 0 radical (unpaired) electrons. The van der Waals surface area contributed by atoms with Gasteiger partial charge in [-0.15, -0.1) is 0 Å². The number of fused-ring (bicyclic) bond motifs is 2. The number of benzene rings is 3. The lowest BCUT2D eigenvalue weighted by Gasteiger charge is -2.40. The smallest absolute Gasteiger partial charge is 0.290 e. The normalized spacial score (nSPS) is 18.4. The van der Waals surface area contributed by atoms with Crippen LogP contribution in [0.5, 0.6) is 17.2 Å². The average Bonchev–Trinajstić information content (AvgIpc) is 3.93. The van der Waals surface area contributed by atoms with Crippen LogP contribution < -0.4 is 24.8 Å². The van der Waals surface area contributed by atoms with Gasteiger partial charge >= 0.3 is 0 Å². The number of carboxylic acid groups (broad SMARTS) is 1. The lowest BCUT2D eigenvalue weighted by Crippen LogP contribution is -2.60. The molecule has 9 nitrogen and oxygen atoms in total. The standard InChI is InChI=1S/C35H39BrFN3O4.CH2O2/c1-42-28-11-13-29(14-12-28)43-18-16-40(27-9-10-27)35(41)34-30(20-26-21-38-22-32(34)39-26)24-6-4-23(5-7-24)3-2-17-44-33-19-25(37)8-15-31(33)36;2-1-3/h4-8,11-15,19,26-27,32,38-39H,2-3,9-10,16-18,20-22H2,1H3;1H,(H,2,3). The average molecular weight is 711 g/mol. The molecule has 3 N–H and O–H groups in total. The third-order valence-corrected chi connectivity index (χ3v) is 9.16. The Morgan fingerprint density at radius 1 is 1.02 bits per heavy atom. The van der Waals surface area contributed by atoms with E-state index in [9.17, 15) is 9.18 Å². The van der Waals surface area contributed by atoms with Gasteiger partial charge in [0.25, 0.3) is 12.4 Å². The number of rotatable bonds is 13. The molecule has 3 aromatic rings. The van der Waals surface area contributed by atoms with Gasteiger partial charge in [0, 0.05) is 36.8 Å². The van der Waals surface area contributed by atoms with Gasteiger partial charge in [-0.1, -0.05) is 24.3 Å². The Kier molecular flexibility index (Phi) is 12.3. The minimum atomic E-state index is -0.314. The van der Waals surface area contributed by atoms with Crippen LogP contribution in [0.15, 0.2) is 76.8 Å². The molecule has 47 heavy (non-hydrogen) atoms. The predicted molar refractivity (Wildman–Crippen MR) is 181 cm³/mol. The number of nitrogens with one attached hydrogen (secondary N) is 2. The zero-order valence-corrected chi connectivity index (χ0v) is 28.0. The number of aryl methyl sites for hydroxylation is 1. The van der Waals surface area contributed by atoms with Crippen LogP contribution in [0.2, 0.25) is 0 Å². The molecule has 1 aliphatic carbocycles. The predicted octanol–water partition coefficient (Wildman–Crippen LogP) is 5.47. The first-order chi connectivity index (χ1) is 22.9. The van der Waals surface area contributed by atoms with Crippen molar-refractivity contribution in [1.29, 1.82) is 0 Å². The van der Waals surface area contributed by atoms with E-state index in [0.717, 1.165) is 77.9 Å². The Balaban J connectivity index is 0.00000139. The number of amides is 1. The third kappa shape index (κ3) is 9.33. The zero-order chi connectivity index (χ0) is 33.2. The van der Waals surface area contributed by atoms with Crippen molar-refractivity contribution in [1.82, 2.24) is 15.5 Å². The number of hydrogen-bond donors (Lipinski definition) is 3. The second-order valence-electron chi connectivity index (χ2n) is 11.8. The van der Waals surface area contributed by atoms with E-state index >= 15 is 0 Å². The summed E-state index contributed by atoms with van der Waals surface area (Å²) in [5.74, 6) is 1.87. The lowest BCUT2D eigenvalue weighted by atomic mass is 9.83.